The number of hydrogen-bond acceptors (Lipinski definition) is 5. The molecule has 1 amide bonds. The number of nitrogens with zero attached hydrogens (tertiary/aromatic N) is 2. The smallest absolute Gasteiger partial charge is 0.307 e. The van der Waals surface area contributed by atoms with Gasteiger partial charge in [0.25, 0.3) is 5.91 Å². The number of carbonyl (C=O) groups is 2. The Labute approximate surface area is 168 Å². The molecule has 2 heterocycles. The van der Waals surface area contributed by atoms with Crippen LogP contribution >= 0.6 is 11.8 Å². The molecule has 1 N–H and O–H groups in total. The van der Waals surface area contributed by atoms with Gasteiger partial charge < -0.3 is 14.5 Å². The Morgan fingerprint density at radius 1 is 1.18 bits per heavy atom. The van der Waals surface area contributed by atoms with Gasteiger partial charge in [-0.05, 0) is 42.8 Å². The minimum absolute atomic E-state index is 0.179. The molecule has 3 rings (SSSR count). The average molecular weight is 398 g/mol. The fourth-order valence-electron chi connectivity index (χ4n) is 2.58. The molecule has 0 radical (unpaired) electrons. The zero-order chi connectivity index (χ0) is 19.8. The Morgan fingerprint density at radius 3 is 2.75 bits per heavy atom. The standard InChI is InChI=1S/C21H23N3O3S/c1-2-13-27-20(25)10-11-22-21(26)16-6-8-18(9-7-16)28-15-17-14-24-12-4-3-5-19(24)23-17/h3-9,12,14H,2,10-11,13,15H2,1H3,(H,22,26). The summed E-state index contributed by atoms with van der Waals surface area (Å²) in [7, 11) is 0. The Kier molecular flexibility index (Phi) is 7.08. The number of esters is 1. The van der Waals surface area contributed by atoms with Crippen LogP contribution in [0.5, 0.6) is 0 Å². The van der Waals surface area contributed by atoms with Crippen molar-refractivity contribution in [2.24, 2.45) is 0 Å². The number of hydrogen-bond donors (Lipinski definition) is 1. The number of amides is 1. The van der Waals surface area contributed by atoms with Gasteiger partial charge in [0.2, 0.25) is 0 Å². The van der Waals surface area contributed by atoms with Crippen LogP contribution < -0.4 is 5.32 Å². The molecule has 0 aliphatic carbocycles. The molecule has 0 bridgehead atoms. The number of imidazole rings is 1. The molecule has 0 atom stereocenters. The molecule has 0 saturated heterocycles. The number of pyridine rings is 1. The van der Waals surface area contributed by atoms with Gasteiger partial charge in [-0.3, -0.25) is 9.59 Å². The van der Waals surface area contributed by atoms with E-state index in [0.717, 1.165) is 28.4 Å². The Balaban J connectivity index is 1.46. The molecule has 0 fully saturated rings. The van der Waals surface area contributed by atoms with Gasteiger partial charge >= 0.3 is 5.97 Å². The molecule has 3 aromatic rings. The van der Waals surface area contributed by atoms with E-state index in [9.17, 15) is 9.59 Å². The van der Waals surface area contributed by atoms with E-state index in [1.54, 1.807) is 23.9 Å². The fraction of sp³-hybridized carbons (Fsp3) is 0.286. The number of fused-ring (bicyclic) bond motifs is 1. The van der Waals surface area contributed by atoms with Gasteiger partial charge in [-0.1, -0.05) is 13.0 Å². The Morgan fingerprint density at radius 2 is 2.00 bits per heavy atom. The summed E-state index contributed by atoms with van der Waals surface area (Å²) < 4.78 is 6.98. The van der Waals surface area contributed by atoms with Crippen molar-refractivity contribution in [2.75, 3.05) is 13.2 Å². The van der Waals surface area contributed by atoms with Crippen LogP contribution in [0.3, 0.4) is 0 Å². The summed E-state index contributed by atoms with van der Waals surface area (Å²) in [5.74, 6) is 0.272. The van der Waals surface area contributed by atoms with Gasteiger partial charge in [-0.15, -0.1) is 11.8 Å². The molecule has 0 aliphatic heterocycles. The van der Waals surface area contributed by atoms with Crippen molar-refractivity contribution in [3.63, 3.8) is 0 Å². The van der Waals surface area contributed by atoms with E-state index < -0.39 is 0 Å². The van der Waals surface area contributed by atoms with Crippen LogP contribution in [0, 0.1) is 0 Å². The van der Waals surface area contributed by atoms with Gasteiger partial charge in [0.15, 0.2) is 0 Å². The maximum Gasteiger partial charge on any atom is 0.307 e. The first kappa shape index (κ1) is 19.9. The van der Waals surface area contributed by atoms with Crippen LogP contribution in [0.1, 0.15) is 35.8 Å². The molecule has 6 nitrogen and oxygen atoms in total. The van der Waals surface area contributed by atoms with Gasteiger partial charge in [0.1, 0.15) is 5.65 Å². The maximum atomic E-state index is 12.1. The van der Waals surface area contributed by atoms with Crippen molar-refractivity contribution in [1.82, 2.24) is 14.7 Å². The van der Waals surface area contributed by atoms with E-state index in [1.165, 1.54) is 0 Å². The quantitative estimate of drug-likeness (QED) is 0.440. The highest BCUT2D eigenvalue weighted by Gasteiger charge is 2.08. The van der Waals surface area contributed by atoms with E-state index in [-0.39, 0.29) is 24.8 Å². The molecule has 0 aliphatic rings. The Hall–Kier alpha value is -2.80. The number of benzene rings is 1. The van der Waals surface area contributed by atoms with Crippen LogP contribution in [0.15, 0.2) is 59.8 Å². The summed E-state index contributed by atoms with van der Waals surface area (Å²) in [6.07, 6.45) is 4.97. The molecular formula is C21H23N3O3S. The van der Waals surface area contributed by atoms with Crippen molar-refractivity contribution < 1.29 is 14.3 Å². The zero-order valence-electron chi connectivity index (χ0n) is 15.8. The molecule has 0 spiro atoms. The van der Waals surface area contributed by atoms with Gasteiger partial charge in [-0.2, -0.15) is 0 Å². The molecule has 1 aromatic carbocycles. The third-order valence-corrected chi connectivity index (χ3v) is 5.04. The summed E-state index contributed by atoms with van der Waals surface area (Å²) in [4.78, 5) is 29.2. The summed E-state index contributed by atoms with van der Waals surface area (Å²) in [5.41, 5.74) is 2.51. The number of carbonyl (C=O) groups excluding carboxylic acids is 2. The van der Waals surface area contributed by atoms with Crippen LogP contribution in [0.25, 0.3) is 5.65 Å². The lowest BCUT2D eigenvalue weighted by Gasteiger charge is -2.06. The van der Waals surface area contributed by atoms with E-state index in [1.807, 2.05) is 54.0 Å². The molecule has 28 heavy (non-hydrogen) atoms. The van der Waals surface area contributed by atoms with E-state index in [0.29, 0.717) is 12.2 Å². The second kappa shape index (κ2) is 9.94. The largest absolute Gasteiger partial charge is 0.466 e. The van der Waals surface area contributed by atoms with Crippen molar-refractivity contribution >= 4 is 29.3 Å². The lowest BCUT2D eigenvalue weighted by atomic mass is 10.2. The second-order valence-corrected chi connectivity index (χ2v) is 7.29. The first-order valence-electron chi connectivity index (χ1n) is 9.25. The summed E-state index contributed by atoms with van der Waals surface area (Å²) in [6, 6.07) is 13.3. The van der Waals surface area contributed by atoms with Gasteiger partial charge in [0.05, 0.1) is 18.7 Å². The minimum atomic E-state index is -0.291. The maximum absolute atomic E-state index is 12.1. The number of ether oxygens (including phenoxy) is 1. The molecule has 146 valence electrons. The predicted octanol–water partition coefficient (Wildman–Crippen LogP) is 3.70. The number of thioether (sulfide) groups is 1. The topological polar surface area (TPSA) is 72.7 Å². The number of aromatic nitrogens is 2. The summed E-state index contributed by atoms with van der Waals surface area (Å²) in [5, 5.41) is 2.74. The first-order valence-corrected chi connectivity index (χ1v) is 10.2. The normalized spacial score (nSPS) is 10.8. The van der Waals surface area contributed by atoms with Gasteiger partial charge in [0, 0.05) is 35.2 Å². The molecular weight excluding hydrogens is 374 g/mol. The highest BCUT2D eigenvalue weighted by Crippen LogP contribution is 2.23. The Bertz CT molecular complexity index is 904. The van der Waals surface area contributed by atoms with Crippen LogP contribution in [0.2, 0.25) is 0 Å². The van der Waals surface area contributed by atoms with Crippen molar-refractivity contribution in [2.45, 2.75) is 30.4 Å². The lowest BCUT2D eigenvalue weighted by molar-refractivity contribution is -0.143. The van der Waals surface area contributed by atoms with Gasteiger partial charge in [-0.25, -0.2) is 4.98 Å². The van der Waals surface area contributed by atoms with E-state index in [2.05, 4.69) is 10.3 Å². The molecule has 7 heteroatoms. The van der Waals surface area contributed by atoms with E-state index in [4.69, 9.17) is 4.74 Å². The SMILES string of the molecule is CCCOC(=O)CCNC(=O)c1ccc(SCc2cn3ccccc3n2)cc1. The fourth-order valence-corrected chi connectivity index (χ4v) is 3.37. The third-order valence-electron chi connectivity index (χ3n) is 4.00. The summed E-state index contributed by atoms with van der Waals surface area (Å²) >= 11 is 1.67. The van der Waals surface area contributed by atoms with Crippen LogP contribution in [-0.2, 0) is 15.3 Å². The predicted molar refractivity (Wildman–Crippen MR) is 109 cm³/mol. The van der Waals surface area contributed by atoms with Crippen molar-refractivity contribution in [1.29, 1.82) is 0 Å². The molecule has 2 aromatic heterocycles. The highest BCUT2D eigenvalue weighted by atomic mass is 32.2. The zero-order valence-corrected chi connectivity index (χ0v) is 16.6. The lowest BCUT2D eigenvalue weighted by Crippen LogP contribution is -2.26. The third kappa shape index (κ3) is 5.60. The van der Waals surface area contributed by atoms with Crippen molar-refractivity contribution in [3.8, 4) is 0 Å². The van der Waals surface area contributed by atoms with E-state index >= 15 is 0 Å². The first-order chi connectivity index (χ1) is 13.7. The second-order valence-electron chi connectivity index (χ2n) is 6.24. The minimum Gasteiger partial charge on any atom is -0.466 e. The number of nitrogens with one attached hydrogen (secondary N) is 1. The van der Waals surface area contributed by atoms with Crippen molar-refractivity contribution in [3.05, 3.63) is 66.1 Å². The monoisotopic (exact) mass is 397 g/mol. The average Bonchev–Trinajstić information content (AvgIpc) is 3.14. The van der Waals surface area contributed by atoms with Crippen LogP contribution in [0.4, 0.5) is 0 Å². The van der Waals surface area contributed by atoms with Crippen LogP contribution in [-0.4, -0.2) is 34.4 Å². The molecule has 0 unspecified atom stereocenters. The number of rotatable bonds is 9. The summed E-state index contributed by atoms with van der Waals surface area (Å²) in [6.45, 7) is 2.63. The highest BCUT2D eigenvalue weighted by molar-refractivity contribution is 7.98. The molecule has 0 saturated carbocycles.